The van der Waals surface area contributed by atoms with Crippen molar-refractivity contribution in [2.24, 2.45) is 0 Å². The van der Waals surface area contributed by atoms with E-state index in [1.54, 1.807) is 6.92 Å². The molecule has 0 radical (unpaired) electrons. The third-order valence-electron chi connectivity index (χ3n) is 4.68. The molecule has 164 valence electrons. The Morgan fingerprint density at radius 3 is 1.59 bits per heavy atom. The van der Waals surface area contributed by atoms with E-state index in [2.05, 4.69) is 6.92 Å². The largest absolute Gasteiger partial charge is 0.379 e. The molecule has 0 aromatic carbocycles. The lowest BCUT2D eigenvalue weighted by Crippen LogP contribution is -2.70. The van der Waals surface area contributed by atoms with E-state index in [1.165, 1.54) is 25.7 Å². The number of hydrogen-bond acceptors (Lipinski definition) is 6. The molecule has 0 aliphatic carbocycles. The second-order valence-corrected chi connectivity index (χ2v) is 6.85. The quantitative estimate of drug-likeness (QED) is 0.274. The molecule has 6 nitrogen and oxygen atoms in total. The third kappa shape index (κ3) is 7.95. The lowest BCUT2D eigenvalue weighted by molar-refractivity contribution is -0.460. The minimum absolute atomic E-state index is 0.412. The van der Waals surface area contributed by atoms with Gasteiger partial charge in [0.05, 0.1) is 0 Å². The van der Waals surface area contributed by atoms with E-state index in [0.717, 1.165) is 12.8 Å². The van der Waals surface area contributed by atoms with Gasteiger partial charge in [0.15, 0.2) is 0 Å². The van der Waals surface area contributed by atoms with Crippen LogP contribution in [0.3, 0.4) is 0 Å². The highest BCUT2D eigenvalue weighted by Crippen LogP contribution is 2.37. The molecular formula is C21H45NO5. The summed E-state index contributed by atoms with van der Waals surface area (Å²) in [4.78, 5) is 1.84. The Morgan fingerprint density at radius 1 is 0.741 bits per heavy atom. The predicted octanol–water partition coefficient (Wildman–Crippen LogP) is 4.50. The lowest BCUT2D eigenvalue weighted by Gasteiger charge is -2.52. The van der Waals surface area contributed by atoms with Gasteiger partial charge in [0.25, 0.3) is 5.91 Å². The van der Waals surface area contributed by atoms with Crippen LogP contribution in [0.2, 0.25) is 0 Å². The smallest absolute Gasteiger partial charge is 0.288 e. The van der Waals surface area contributed by atoms with Gasteiger partial charge in [-0.15, -0.1) is 0 Å². The van der Waals surface area contributed by atoms with Crippen LogP contribution in [-0.4, -0.2) is 60.9 Å². The Balaban J connectivity index is 5.58. The molecule has 0 aromatic heterocycles. The van der Waals surface area contributed by atoms with Crippen molar-refractivity contribution in [2.75, 3.05) is 33.0 Å². The monoisotopic (exact) mass is 391 g/mol. The molecule has 1 N–H and O–H groups in total. The maximum absolute atomic E-state index is 10.6. The summed E-state index contributed by atoms with van der Waals surface area (Å²) >= 11 is 0. The summed E-state index contributed by atoms with van der Waals surface area (Å²) in [7, 11) is 0. The van der Waals surface area contributed by atoms with Gasteiger partial charge in [-0.3, -0.25) is 0 Å². The molecule has 0 heterocycles. The first-order chi connectivity index (χ1) is 12.9. The second-order valence-electron chi connectivity index (χ2n) is 6.85. The highest BCUT2D eigenvalue weighted by atomic mass is 16.8. The fourth-order valence-electron chi connectivity index (χ4n) is 3.54. The first-order valence-electron chi connectivity index (χ1n) is 10.9. The normalized spacial score (nSPS) is 14.1. The zero-order valence-electron chi connectivity index (χ0n) is 18.9. The Hall–Kier alpha value is -0.240. The van der Waals surface area contributed by atoms with Crippen molar-refractivity contribution in [1.29, 1.82) is 0 Å². The number of unbranched alkanes of at least 4 members (excludes halogenated alkanes) is 5. The van der Waals surface area contributed by atoms with Crippen LogP contribution in [0.15, 0.2) is 0 Å². The zero-order valence-corrected chi connectivity index (χ0v) is 18.9. The van der Waals surface area contributed by atoms with E-state index < -0.39 is 17.9 Å². The summed E-state index contributed by atoms with van der Waals surface area (Å²) < 4.78 is 24.3. The molecule has 0 fully saturated rings. The van der Waals surface area contributed by atoms with Gasteiger partial charge in [-0.05, 0) is 48.0 Å². The molecule has 0 saturated carbocycles. The molecule has 6 heteroatoms. The van der Waals surface area contributed by atoms with Gasteiger partial charge in [-0.2, -0.15) is 0 Å². The van der Waals surface area contributed by atoms with Crippen molar-refractivity contribution in [3.63, 3.8) is 0 Å². The molecule has 0 amide bonds. The van der Waals surface area contributed by atoms with Gasteiger partial charge in [0.1, 0.15) is 6.23 Å². The van der Waals surface area contributed by atoms with Crippen LogP contribution in [0, 0.1) is 0 Å². The lowest BCUT2D eigenvalue weighted by atomic mass is 10.1. The fourth-order valence-corrected chi connectivity index (χ4v) is 3.54. The average Bonchev–Trinajstić information content (AvgIpc) is 2.61. The van der Waals surface area contributed by atoms with Crippen LogP contribution in [-0.2, 0) is 18.9 Å². The van der Waals surface area contributed by atoms with Crippen LogP contribution in [0.1, 0.15) is 87.0 Å². The number of rotatable bonds is 18. The van der Waals surface area contributed by atoms with Crippen molar-refractivity contribution in [1.82, 2.24) is 4.90 Å². The topological polar surface area (TPSA) is 60.4 Å². The number of nitrogens with zero attached hydrogens (tertiary/aromatic N) is 1. The van der Waals surface area contributed by atoms with Crippen molar-refractivity contribution in [3.05, 3.63) is 0 Å². The van der Waals surface area contributed by atoms with E-state index in [4.69, 9.17) is 18.9 Å². The van der Waals surface area contributed by atoms with Crippen molar-refractivity contribution < 1.29 is 24.1 Å². The van der Waals surface area contributed by atoms with Crippen LogP contribution >= 0.6 is 0 Å². The SMILES string of the molecule is CCCCCCCCN(C(C)O)C(OCC)(OCC)C(C)(OCC)OCC. The molecule has 0 bridgehead atoms. The molecular weight excluding hydrogens is 346 g/mol. The highest BCUT2D eigenvalue weighted by Gasteiger charge is 2.58. The highest BCUT2D eigenvalue weighted by molar-refractivity contribution is 4.88. The fraction of sp³-hybridized carbons (Fsp3) is 1.00. The van der Waals surface area contributed by atoms with Crippen LogP contribution in [0.4, 0.5) is 0 Å². The maximum Gasteiger partial charge on any atom is 0.288 e. The Labute approximate surface area is 167 Å². The number of aliphatic hydroxyl groups is 1. The number of hydrogen-bond donors (Lipinski definition) is 1. The number of aliphatic hydroxyl groups excluding tert-OH is 1. The summed E-state index contributed by atoms with van der Waals surface area (Å²) in [5.74, 6) is -2.48. The van der Waals surface area contributed by atoms with Crippen molar-refractivity contribution in [2.45, 2.75) is 105 Å². The molecule has 0 saturated heterocycles. The molecule has 0 aliphatic heterocycles. The molecule has 0 aromatic rings. The first kappa shape index (κ1) is 26.8. The summed E-state index contributed by atoms with van der Waals surface area (Å²) in [6.07, 6.45) is 6.25. The minimum atomic E-state index is -1.32. The number of ether oxygens (including phenoxy) is 4. The van der Waals surface area contributed by atoms with Gasteiger partial charge in [-0.25, -0.2) is 4.90 Å². The van der Waals surface area contributed by atoms with Crippen molar-refractivity contribution in [3.8, 4) is 0 Å². The Bertz CT molecular complexity index is 339. The summed E-state index contributed by atoms with van der Waals surface area (Å²) in [5, 5.41) is 10.6. The van der Waals surface area contributed by atoms with Gasteiger partial charge in [0, 0.05) is 33.0 Å². The third-order valence-corrected chi connectivity index (χ3v) is 4.68. The van der Waals surface area contributed by atoms with E-state index >= 15 is 0 Å². The standard InChI is InChI=1S/C21H45NO5/c1-8-13-14-15-16-17-18-22(19(6)23)21(26-11-4,27-12-5)20(7,24-9-2)25-10-3/h19,23H,8-18H2,1-7H3. The average molecular weight is 392 g/mol. The summed E-state index contributed by atoms with van der Waals surface area (Å²) in [5.41, 5.74) is 0. The zero-order chi connectivity index (χ0) is 20.8. The van der Waals surface area contributed by atoms with E-state index in [9.17, 15) is 5.11 Å². The predicted molar refractivity (Wildman–Crippen MR) is 109 cm³/mol. The van der Waals surface area contributed by atoms with Crippen LogP contribution < -0.4 is 0 Å². The van der Waals surface area contributed by atoms with Crippen molar-refractivity contribution >= 4 is 0 Å². The molecule has 1 atom stereocenters. The minimum Gasteiger partial charge on any atom is -0.379 e. The summed E-state index contributed by atoms with van der Waals surface area (Å²) in [6.45, 7) is 15.8. The first-order valence-corrected chi connectivity index (χ1v) is 10.9. The van der Waals surface area contributed by atoms with Gasteiger partial charge < -0.3 is 24.1 Å². The van der Waals surface area contributed by atoms with E-state index in [0.29, 0.717) is 33.0 Å². The van der Waals surface area contributed by atoms with Gasteiger partial charge in [0.2, 0.25) is 5.79 Å². The molecule has 1 unspecified atom stereocenters. The van der Waals surface area contributed by atoms with Crippen LogP contribution in [0.25, 0.3) is 0 Å². The summed E-state index contributed by atoms with van der Waals surface area (Å²) in [6, 6.07) is 0. The molecule has 0 spiro atoms. The van der Waals surface area contributed by atoms with Gasteiger partial charge >= 0.3 is 0 Å². The second kappa shape index (κ2) is 14.7. The van der Waals surface area contributed by atoms with E-state index in [1.807, 2.05) is 39.5 Å². The van der Waals surface area contributed by atoms with E-state index in [-0.39, 0.29) is 0 Å². The molecule has 27 heavy (non-hydrogen) atoms. The Morgan fingerprint density at radius 2 is 1.19 bits per heavy atom. The maximum atomic E-state index is 10.6. The molecule has 0 aliphatic rings. The molecule has 0 rings (SSSR count). The Kier molecular flexibility index (Phi) is 14.6. The van der Waals surface area contributed by atoms with Crippen LogP contribution in [0.5, 0.6) is 0 Å². The van der Waals surface area contributed by atoms with Gasteiger partial charge in [-0.1, -0.05) is 39.0 Å².